The molecule has 1 aliphatic rings. The van der Waals surface area contributed by atoms with Gasteiger partial charge in [0, 0.05) is 12.6 Å². The average Bonchev–Trinajstić information content (AvgIpc) is 3.32. The summed E-state index contributed by atoms with van der Waals surface area (Å²) in [6.07, 6.45) is 3.17. The van der Waals surface area contributed by atoms with Crippen molar-refractivity contribution in [1.29, 1.82) is 0 Å². The normalized spacial score (nSPS) is 16.3. The van der Waals surface area contributed by atoms with Crippen LogP contribution in [0.15, 0.2) is 41.3 Å². The van der Waals surface area contributed by atoms with Crippen LogP contribution in [-0.4, -0.2) is 65.7 Å². The molecule has 1 atom stereocenters. The Morgan fingerprint density at radius 2 is 1.97 bits per heavy atom. The highest BCUT2D eigenvalue weighted by molar-refractivity contribution is 7.86. The summed E-state index contributed by atoms with van der Waals surface area (Å²) < 4.78 is 41.0. The number of hydrogen-bond acceptors (Lipinski definition) is 7. The lowest BCUT2D eigenvalue weighted by Crippen LogP contribution is -2.40. The van der Waals surface area contributed by atoms with E-state index in [9.17, 15) is 13.2 Å². The number of likely N-dealkylation sites (N-methyl/N-ethyl adjacent to an activating group) is 1. The van der Waals surface area contributed by atoms with Gasteiger partial charge in [-0.15, -0.1) is 0 Å². The second kappa shape index (κ2) is 12.4. The van der Waals surface area contributed by atoms with E-state index in [1.165, 1.54) is 20.3 Å². The molecule has 0 aliphatic carbocycles. The summed E-state index contributed by atoms with van der Waals surface area (Å²) in [5.74, 6) is 0.619. The van der Waals surface area contributed by atoms with Gasteiger partial charge in [0.2, 0.25) is 0 Å². The summed E-state index contributed by atoms with van der Waals surface area (Å²) in [5, 5.41) is 3.05. The van der Waals surface area contributed by atoms with E-state index in [-0.39, 0.29) is 17.4 Å². The van der Waals surface area contributed by atoms with Crippen LogP contribution in [0.4, 0.5) is 0 Å². The Kier molecular flexibility index (Phi) is 9.54. The van der Waals surface area contributed by atoms with Crippen LogP contribution in [0.1, 0.15) is 47.7 Å². The van der Waals surface area contributed by atoms with E-state index in [0.29, 0.717) is 42.5 Å². The molecule has 1 heterocycles. The van der Waals surface area contributed by atoms with Crippen molar-refractivity contribution in [3.8, 4) is 11.5 Å². The van der Waals surface area contributed by atoms with Crippen LogP contribution in [0.2, 0.25) is 0 Å². The van der Waals surface area contributed by atoms with Crippen molar-refractivity contribution >= 4 is 16.0 Å². The number of rotatable bonds is 12. The Labute approximate surface area is 208 Å². The quantitative estimate of drug-likeness (QED) is 0.349. The summed E-state index contributed by atoms with van der Waals surface area (Å²) in [5.41, 5.74) is 2.08. The monoisotopic (exact) mass is 504 g/mol. The average molecular weight is 505 g/mol. The Morgan fingerprint density at radius 3 is 2.66 bits per heavy atom. The third-order valence-electron chi connectivity index (χ3n) is 6.31. The predicted molar refractivity (Wildman–Crippen MR) is 135 cm³/mol. The third-order valence-corrected chi connectivity index (χ3v) is 7.62. The van der Waals surface area contributed by atoms with Gasteiger partial charge in [0.15, 0.2) is 11.5 Å². The predicted octanol–water partition coefficient (Wildman–Crippen LogP) is 3.56. The maximum Gasteiger partial charge on any atom is 0.296 e. The molecular weight excluding hydrogens is 468 g/mol. The summed E-state index contributed by atoms with van der Waals surface area (Å²) in [6.45, 7) is 6.60. The third kappa shape index (κ3) is 6.96. The lowest BCUT2D eigenvalue weighted by atomic mass is 10.0. The van der Waals surface area contributed by atoms with E-state index in [4.69, 9.17) is 13.7 Å². The van der Waals surface area contributed by atoms with Gasteiger partial charge in [-0.25, -0.2) is 0 Å². The zero-order valence-electron chi connectivity index (χ0n) is 21.0. The molecule has 9 heteroatoms. The van der Waals surface area contributed by atoms with Crippen LogP contribution in [0, 0.1) is 6.92 Å². The Bertz CT molecular complexity index is 1120. The molecule has 0 spiro atoms. The van der Waals surface area contributed by atoms with Gasteiger partial charge in [0.05, 0.1) is 31.3 Å². The van der Waals surface area contributed by atoms with Crippen molar-refractivity contribution in [1.82, 2.24) is 10.2 Å². The Morgan fingerprint density at radius 1 is 1.17 bits per heavy atom. The fourth-order valence-electron chi connectivity index (χ4n) is 4.47. The largest absolute Gasteiger partial charge is 0.493 e. The fourth-order valence-corrected chi connectivity index (χ4v) is 5.52. The molecule has 192 valence electrons. The number of nitrogens with one attached hydrogen (secondary N) is 1. The maximum absolute atomic E-state index is 13.1. The Hall–Kier alpha value is -2.62. The molecule has 2 aromatic rings. The number of carbonyl (C=O) groups excluding carboxylic acids is 1. The van der Waals surface area contributed by atoms with Gasteiger partial charge in [0.1, 0.15) is 0 Å². The minimum Gasteiger partial charge on any atom is -0.493 e. The number of likely N-dealkylation sites (tertiary alicyclic amines) is 1. The minimum absolute atomic E-state index is 0.0285. The SMILES string of the molecule is CCN1CCC[C@H]1CNC(=O)c1cc(CCCOS(=O)(=O)c2cccc(C)c2)cc(OC)c1OC. The molecule has 1 amide bonds. The number of methoxy groups -OCH3 is 2. The lowest BCUT2D eigenvalue weighted by molar-refractivity contribution is 0.0937. The molecule has 3 rings (SSSR count). The van der Waals surface area contributed by atoms with Gasteiger partial charge in [-0.1, -0.05) is 19.1 Å². The van der Waals surface area contributed by atoms with Crippen LogP contribution in [-0.2, 0) is 20.7 Å². The summed E-state index contributed by atoms with van der Waals surface area (Å²) in [7, 11) is -0.783. The van der Waals surface area contributed by atoms with E-state index in [1.54, 1.807) is 24.3 Å². The van der Waals surface area contributed by atoms with Crippen molar-refractivity contribution in [2.24, 2.45) is 0 Å². The number of amides is 1. The zero-order chi connectivity index (χ0) is 25.4. The second-order valence-electron chi connectivity index (χ2n) is 8.71. The number of ether oxygens (including phenoxy) is 2. The van der Waals surface area contributed by atoms with E-state index in [1.807, 2.05) is 13.0 Å². The Balaban J connectivity index is 1.65. The number of carbonyl (C=O) groups is 1. The summed E-state index contributed by atoms with van der Waals surface area (Å²) >= 11 is 0. The van der Waals surface area contributed by atoms with Crippen molar-refractivity contribution in [2.75, 3.05) is 40.5 Å². The van der Waals surface area contributed by atoms with Crippen LogP contribution < -0.4 is 14.8 Å². The highest BCUT2D eigenvalue weighted by atomic mass is 32.2. The van der Waals surface area contributed by atoms with E-state index in [2.05, 4.69) is 17.1 Å². The second-order valence-corrected chi connectivity index (χ2v) is 10.3. The smallest absolute Gasteiger partial charge is 0.296 e. The van der Waals surface area contributed by atoms with Crippen molar-refractivity contribution < 1.29 is 26.9 Å². The zero-order valence-corrected chi connectivity index (χ0v) is 21.8. The summed E-state index contributed by atoms with van der Waals surface area (Å²) in [4.78, 5) is 15.6. The molecule has 0 bridgehead atoms. The molecular formula is C26H36N2O6S. The first kappa shape index (κ1) is 27.0. The molecule has 35 heavy (non-hydrogen) atoms. The highest BCUT2D eigenvalue weighted by Crippen LogP contribution is 2.33. The molecule has 1 fully saturated rings. The molecule has 0 radical (unpaired) electrons. The van der Waals surface area contributed by atoms with Crippen LogP contribution >= 0.6 is 0 Å². The van der Waals surface area contributed by atoms with Gasteiger partial charge < -0.3 is 14.8 Å². The maximum atomic E-state index is 13.1. The lowest BCUT2D eigenvalue weighted by Gasteiger charge is -2.23. The van der Waals surface area contributed by atoms with Gasteiger partial charge in [-0.2, -0.15) is 8.42 Å². The minimum atomic E-state index is -3.82. The molecule has 0 aromatic heterocycles. The number of nitrogens with zero attached hydrogens (tertiary/aromatic N) is 1. The molecule has 1 aliphatic heterocycles. The van der Waals surface area contributed by atoms with Crippen molar-refractivity contribution in [3.63, 3.8) is 0 Å². The molecule has 8 nitrogen and oxygen atoms in total. The van der Waals surface area contributed by atoms with Crippen LogP contribution in [0.5, 0.6) is 11.5 Å². The highest BCUT2D eigenvalue weighted by Gasteiger charge is 2.25. The first-order chi connectivity index (χ1) is 16.8. The van der Waals surface area contributed by atoms with E-state index >= 15 is 0 Å². The molecule has 0 unspecified atom stereocenters. The first-order valence-corrected chi connectivity index (χ1v) is 13.4. The molecule has 1 N–H and O–H groups in total. The standard InChI is InChI=1S/C26H36N2O6S/c1-5-28-13-7-11-21(28)18-27-26(29)23-16-20(17-24(32-3)25(23)33-4)10-8-14-34-35(30,31)22-12-6-9-19(2)15-22/h6,9,12,15-17,21H,5,7-8,10-11,13-14,18H2,1-4H3,(H,27,29)/t21-/m0/s1. The van der Waals surface area contributed by atoms with Gasteiger partial charge in [-0.3, -0.25) is 13.9 Å². The van der Waals surface area contributed by atoms with Crippen LogP contribution in [0.25, 0.3) is 0 Å². The van der Waals surface area contributed by atoms with Crippen LogP contribution in [0.3, 0.4) is 0 Å². The molecule has 0 saturated carbocycles. The number of benzene rings is 2. The van der Waals surface area contributed by atoms with E-state index < -0.39 is 10.1 Å². The number of aryl methyl sites for hydroxylation is 2. The summed E-state index contributed by atoms with van der Waals surface area (Å²) in [6, 6.07) is 10.5. The fraction of sp³-hybridized carbons (Fsp3) is 0.500. The van der Waals surface area contributed by atoms with E-state index in [0.717, 1.165) is 37.1 Å². The van der Waals surface area contributed by atoms with Gasteiger partial charge in [-0.05, 0) is 81.1 Å². The van der Waals surface area contributed by atoms with Crippen molar-refractivity contribution in [3.05, 3.63) is 53.1 Å². The topological polar surface area (TPSA) is 94.2 Å². The van der Waals surface area contributed by atoms with Gasteiger partial charge >= 0.3 is 0 Å². The van der Waals surface area contributed by atoms with Gasteiger partial charge in [0.25, 0.3) is 16.0 Å². The first-order valence-electron chi connectivity index (χ1n) is 12.0. The number of hydrogen-bond donors (Lipinski definition) is 1. The molecule has 2 aromatic carbocycles. The molecule has 1 saturated heterocycles. The van der Waals surface area contributed by atoms with Crippen molar-refractivity contribution in [2.45, 2.75) is 50.5 Å².